The van der Waals surface area contributed by atoms with E-state index in [1.807, 2.05) is 12.3 Å². The van der Waals surface area contributed by atoms with Gasteiger partial charge in [0.25, 0.3) is 0 Å². The lowest BCUT2D eigenvalue weighted by Gasteiger charge is -2.02. The van der Waals surface area contributed by atoms with Crippen molar-refractivity contribution in [1.82, 2.24) is 9.71 Å². The van der Waals surface area contributed by atoms with Crippen LogP contribution in [0.3, 0.4) is 0 Å². The van der Waals surface area contributed by atoms with E-state index in [2.05, 4.69) is 9.71 Å². The molecule has 0 aliphatic carbocycles. The number of nitrogens with two attached hydrogens (primary N) is 1. The van der Waals surface area contributed by atoms with Gasteiger partial charge in [-0.15, -0.1) is 22.7 Å². The zero-order valence-electron chi connectivity index (χ0n) is 10.4. The number of nitrogens with one attached hydrogen (secondary N) is 1. The molecular weight excluding hydrogens is 302 g/mol. The Balaban J connectivity index is 2.04. The summed E-state index contributed by atoms with van der Waals surface area (Å²) in [5, 5.41) is 2.66. The van der Waals surface area contributed by atoms with Crippen molar-refractivity contribution < 1.29 is 8.42 Å². The van der Waals surface area contributed by atoms with E-state index in [0.717, 1.165) is 15.6 Å². The van der Waals surface area contributed by atoms with Crippen LogP contribution in [0.25, 0.3) is 0 Å². The zero-order chi connectivity index (χ0) is 13.9. The van der Waals surface area contributed by atoms with Gasteiger partial charge in [0.2, 0.25) is 10.0 Å². The number of sulfonamides is 1. The number of thiophene rings is 1. The third-order valence-electron chi connectivity index (χ3n) is 2.37. The van der Waals surface area contributed by atoms with Crippen LogP contribution in [-0.2, 0) is 23.0 Å². The zero-order valence-corrected chi connectivity index (χ0v) is 12.9. The molecule has 2 heterocycles. The highest BCUT2D eigenvalue weighted by molar-refractivity contribution is 7.91. The van der Waals surface area contributed by atoms with Crippen molar-refractivity contribution in [2.75, 3.05) is 6.54 Å². The second-order valence-electron chi connectivity index (χ2n) is 3.97. The molecule has 2 aromatic rings. The second kappa shape index (κ2) is 6.10. The van der Waals surface area contributed by atoms with E-state index >= 15 is 0 Å². The van der Waals surface area contributed by atoms with Crippen molar-refractivity contribution in [3.8, 4) is 0 Å². The molecule has 8 heteroatoms. The molecule has 0 aromatic carbocycles. The Hall–Kier alpha value is -0.800. The first-order chi connectivity index (χ1) is 9.01. The third-order valence-corrected chi connectivity index (χ3v) is 6.38. The Morgan fingerprint density at radius 1 is 1.42 bits per heavy atom. The molecule has 0 aliphatic heterocycles. The molecule has 0 saturated carbocycles. The minimum Gasteiger partial charge on any atom is -0.330 e. The maximum absolute atomic E-state index is 12.1. The lowest BCUT2D eigenvalue weighted by atomic mass is 10.3. The van der Waals surface area contributed by atoms with Crippen LogP contribution in [0, 0.1) is 6.92 Å². The van der Waals surface area contributed by atoms with Gasteiger partial charge in [0.05, 0.1) is 6.54 Å². The maximum Gasteiger partial charge on any atom is 0.250 e. The summed E-state index contributed by atoms with van der Waals surface area (Å²) in [6.45, 7) is 2.63. The molecule has 3 N–H and O–H groups in total. The Bertz CT molecular complexity index is 646. The highest BCUT2D eigenvalue weighted by Crippen LogP contribution is 2.22. The van der Waals surface area contributed by atoms with Gasteiger partial charge in [-0.25, -0.2) is 18.1 Å². The quantitative estimate of drug-likeness (QED) is 0.845. The number of rotatable bonds is 6. The van der Waals surface area contributed by atoms with E-state index in [1.165, 1.54) is 22.7 Å². The van der Waals surface area contributed by atoms with Gasteiger partial charge in [0.1, 0.15) is 9.22 Å². The first kappa shape index (κ1) is 14.6. The van der Waals surface area contributed by atoms with Gasteiger partial charge in [-0.3, -0.25) is 0 Å². The molecule has 0 saturated heterocycles. The molecule has 0 atom stereocenters. The normalized spacial score (nSPS) is 11.9. The van der Waals surface area contributed by atoms with Crippen LogP contribution in [0.15, 0.2) is 21.7 Å². The predicted octanol–water partition coefficient (Wildman–Crippen LogP) is 1.49. The molecule has 0 fully saturated rings. The summed E-state index contributed by atoms with van der Waals surface area (Å²) >= 11 is 2.70. The van der Waals surface area contributed by atoms with Crippen LogP contribution in [-0.4, -0.2) is 19.9 Å². The highest BCUT2D eigenvalue weighted by atomic mass is 32.2. The van der Waals surface area contributed by atoms with Crippen molar-refractivity contribution in [3.63, 3.8) is 0 Å². The molecule has 0 bridgehead atoms. The summed E-state index contributed by atoms with van der Waals surface area (Å²) < 4.78 is 27.0. The standard InChI is InChI=1S/C11H15N3O2S3/c1-8-7-17-10(14-8)6-13-19(15,16)11-3-2-9(18-11)4-5-12/h2-3,7,13H,4-6,12H2,1H3. The Morgan fingerprint density at radius 2 is 2.21 bits per heavy atom. The molecule has 104 valence electrons. The van der Waals surface area contributed by atoms with Gasteiger partial charge in [0, 0.05) is 16.0 Å². The van der Waals surface area contributed by atoms with Crippen LogP contribution in [0.1, 0.15) is 15.6 Å². The minimum atomic E-state index is -3.45. The molecule has 0 aliphatic rings. The molecule has 0 unspecified atom stereocenters. The number of hydrogen-bond acceptors (Lipinski definition) is 6. The van der Waals surface area contributed by atoms with E-state index in [-0.39, 0.29) is 6.54 Å². The van der Waals surface area contributed by atoms with Crippen molar-refractivity contribution in [2.24, 2.45) is 5.73 Å². The molecule has 0 radical (unpaired) electrons. The second-order valence-corrected chi connectivity index (χ2v) is 8.07. The average Bonchev–Trinajstić information content (AvgIpc) is 2.97. The molecule has 0 spiro atoms. The van der Waals surface area contributed by atoms with E-state index < -0.39 is 10.0 Å². The number of aryl methyl sites for hydroxylation is 1. The number of thiazole rings is 1. The number of aromatic nitrogens is 1. The molecule has 0 amide bonds. The fourth-order valence-electron chi connectivity index (χ4n) is 1.49. The smallest absolute Gasteiger partial charge is 0.250 e. The highest BCUT2D eigenvalue weighted by Gasteiger charge is 2.17. The van der Waals surface area contributed by atoms with Gasteiger partial charge in [-0.05, 0) is 32.0 Å². The first-order valence-electron chi connectivity index (χ1n) is 5.71. The summed E-state index contributed by atoms with van der Waals surface area (Å²) in [6, 6.07) is 3.42. The average molecular weight is 317 g/mol. The Labute approximate surface area is 120 Å². The SMILES string of the molecule is Cc1csc(CNS(=O)(=O)c2ccc(CCN)s2)n1. The fraction of sp³-hybridized carbons (Fsp3) is 0.364. The van der Waals surface area contributed by atoms with Crippen LogP contribution < -0.4 is 10.5 Å². The lowest BCUT2D eigenvalue weighted by molar-refractivity contribution is 0.583. The molecular formula is C11H15N3O2S3. The molecule has 2 aromatic heterocycles. The van der Waals surface area contributed by atoms with Crippen molar-refractivity contribution in [1.29, 1.82) is 0 Å². The lowest BCUT2D eigenvalue weighted by Crippen LogP contribution is -2.22. The summed E-state index contributed by atoms with van der Waals surface area (Å²) in [7, 11) is -3.45. The summed E-state index contributed by atoms with van der Waals surface area (Å²) in [4.78, 5) is 5.20. The predicted molar refractivity (Wildman–Crippen MR) is 78.0 cm³/mol. The van der Waals surface area contributed by atoms with Gasteiger partial charge in [0.15, 0.2) is 0 Å². The van der Waals surface area contributed by atoms with Crippen LogP contribution >= 0.6 is 22.7 Å². The maximum atomic E-state index is 12.1. The van der Waals surface area contributed by atoms with Gasteiger partial charge in [-0.1, -0.05) is 0 Å². The topological polar surface area (TPSA) is 85.1 Å². The van der Waals surface area contributed by atoms with Crippen LogP contribution in [0.4, 0.5) is 0 Å². The monoisotopic (exact) mass is 317 g/mol. The van der Waals surface area contributed by atoms with Crippen molar-refractivity contribution >= 4 is 32.7 Å². The van der Waals surface area contributed by atoms with E-state index in [1.54, 1.807) is 12.1 Å². The first-order valence-corrected chi connectivity index (χ1v) is 8.88. The van der Waals surface area contributed by atoms with Crippen LogP contribution in [0.2, 0.25) is 0 Å². The van der Waals surface area contributed by atoms with Crippen molar-refractivity contribution in [3.05, 3.63) is 33.1 Å². The van der Waals surface area contributed by atoms with Gasteiger partial charge >= 0.3 is 0 Å². The number of hydrogen-bond donors (Lipinski definition) is 2. The summed E-state index contributed by atoms with van der Waals surface area (Å²) in [6.07, 6.45) is 0.700. The summed E-state index contributed by atoms with van der Waals surface area (Å²) in [5.41, 5.74) is 6.35. The van der Waals surface area contributed by atoms with E-state index in [9.17, 15) is 8.42 Å². The van der Waals surface area contributed by atoms with Gasteiger partial charge in [-0.2, -0.15) is 0 Å². The van der Waals surface area contributed by atoms with Crippen LogP contribution in [0.5, 0.6) is 0 Å². The fourth-order valence-corrected chi connectivity index (χ4v) is 4.70. The van der Waals surface area contributed by atoms with E-state index in [0.29, 0.717) is 17.2 Å². The minimum absolute atomic E-state index is 0.227. The van der Waals surface area contributed by atoms with Crippen molar-refractivity contribution in [2.45, 2.75) is 24.1 Å². The molecule has 2 rings (SSSR count). The Kier molecular flexibility index (Phi) is 4.69. The molecule has 5 nitrogen and oxygen atoms in total. The largest absolute Gasteiger partial charge is 0.330 e. The van der Waals surface area contributed by atoms with Gasteiger partial charge < -0.3 is 5.73 Å². The molecule has 19 heavy (non-hydrogen) atoms. The third kappa shape index (κ3) is 3.83. The Morgan fingerprint density at radius 3 is 2.84 bits per heavy atom. The summed E-state index contributed by atoms with van der Waals surface area (Å²) in [5.74, 6) is 0. The van der Waals surface area contributed by atoms with E-state index in [4.69, 9.17) is 5.73 Å². The number of nitrogens with zero attached hydrogens (tertiary/aromatic N) is 1.